The van der Waals surface area contributed by atoms with Gasteiger partial charge in [-0.05, 0) is 44.9 Å². The van der Waals surface area contributed by atoms with Crippen molar-refractivity contribution < 1.29 is 4.79 Å². The quantitative estimate of drug-likeness (QED) is 0.792. The summed E-state index contributed by atoms with van der Waals surface area (Å²) >= 11 is 0. The van der Waals surface area contributed by atoms with Crippen LogP contribution in [0.1, 0.15) is 45.8 Å². The van der Waals surface area contributed by atoms with Crippen LogP contribution in [0.5, 0.6) is 0 Å². The Balaban J connectivity index is 1.83. The second kappa shape index (κ2) is 6.89. The van der Waals surface area contributed by atoms with Gasteiger partial charge in [-0.25, -0.2) is 0 Å². The summed E-state index contributed by atoms with van der Waals surface area (Å²) in [5, 5.41) is 11.8. The second-order valence-corrected chi connectivity index (χ2v) is 6.32. The third-order valence-electron chi connectivity index (χ3n) is 4.21. The Hall–Kier alpha value is -2.95. The van der Waals surface area contributed by atoms with Gasteiger partial charge >= 0.3 is 0 Å². The van der Waals surface area contributed by atoms with Crippen LogP contribution in [0.25, 0.3) is 5.69 Å². The standard InChI is InChI=1S/C20H22N4O/c1-13-10-11-18(14(2)12-13)24-22-16(4)19(23-24)20(25)21-15(3)17-8-6-5-7-9-17/h5-12,15H,1-4H3,(H,21,25)/t15-/m1/s1. The molecule has 1 amide bonds. The number of nitrogens with zero attached hydrogens (tertiary/aromatic N) is 3. The largest absolute Gasteiger partial charge is 0.344 e. The minimum Gasteiger partial charge on any atom is -0.344 e. The average Bonchev–Trinajstić information content (AvgIpc) is 2.97. The van der Waals surface area contributed by atoms with Gasteiger partial charge in [-0.3, -0.25) is 4.79 Å². The van der Waals surface area contributed by atoms with Gasteiger partial charge in [0.2, 0.25) is 0 Å². The van der Waals surface area contributed by atoms with E-state index in [0.717, 1.165) is 16.8 Å². The summed E-state index contributed by atoms with van der Waals surface area (Å²) in [7, 11) is 0. The van der Waals surface area contributed by atoms with Crippen LogP contribution in [0.4, 0.5) is 0 Å². The zero-order valence-corrected chi connectivity index (χ0v) is 14.9. The van der Waals surface area contributed by atoms with Gasteiger partial charge in [0.25, 0.3) is 5.91 Å². The van der Waals surface area contributed by atoms with Crippen molar-refractivity contribution in [2.45, 2.75) is 33.7 Å². The van der Waals surface area contributed by atoms with Crippen LogP contribution in [0.3, 0.4) is 0 Å². The van der Waals surface area contributed by atoms with E-state index in [1.54, 1.807) is 6.92 Å². The van der Waals surface area contributed by atoms with Crippen LogP contribution in [-0.4, -0.2) is 20.9 Å². The minimum absolute atomic E-state index is 0.0978. The molecule has 0 unspecified atom stereocenters. The molecule has 2 aromatic carbocycles. The monoisotopic (exact) mass is 334 g/mol. The smallest absolute Gasteiger partial charge is 0.274 e. The maximum atomic E-state index is 12.6. The number of benzene rings is 2. The van der Waals surface area contributed by atoms with E-state index in [4.69, 9.17) is 0 Å². The Kier molecular flexibility index (Phi) is 4.65. The van der Waals surface area contributed by atoms with E-state index in [9.17, 15) is 4.79 Å². The molecule has 0 saturated heterocycles. The molecule has 0 saturated carbocycles. The minimum atomic E-state index is -0.218. The Morgan fingerprint density at radius 3 is 2.44 bits per heavy atom. The van der Waals surface area contributed by atoms with Gasteiger partial charge in [0.15, 0.2) is 5.69 Å². The van der Waals surface area contributed by atoms with E-state index in [-0.39, 0.29) is 11.9 Å². The van der Waals surface area contributed by atoms with Crippen LogP contribution in [0.2, 0.25) is 0 Å². The van der Waals surface area contributed by atoms with E-state index in [1.807, 2.05) is 63.2 Å². The lowest BCUT2D eigenvalue weighted by Crippen LogP contribution is -2.27. The van der Waals surface area contributed by atoms with Crippen molar-refractivity contribution >= 4 is 5.91 Å². The molecule has 3 rings (SSSR count). The molecule has 128 valence electrons. The van der Waals surface area contributed by atoms with E-state index >= 15 is 0 Å². The molecule has 0 spiro atoms. The lowest BCUT2D eigenvalue weighted by atomic mass is 10.1. The van der Waals surface area contributed by atoms with Crippen molar-refractivity contribution in [3.05, 3.63) is 76.6 Å². The molecule has 5 nitrogen and oxygen atoms in total. The first-order valence-corrected chi connectivity index (χ1v) is 8.33. The highest BCUT2D eigenvalue weighted by molar-refractivity contribution is 5.93. The maximum Gasteiger partial charge on any atom is 0.274 e. The highest BCUT2D eigenvalue weighted by Gasteiger charge is 2.19. The summed E-state index contributed by atoms with van der Waals surface area (Å²) in [5.41, 5.74) is 5.14. The predicted octanol–water partition coefficient (Wildman–Crippen LogP) is 3.68. The van der Waals surface area contributed by atoms with Gasteiger partial charge in [-0.2, -0.15) is 9.90 Å². The van der Waals surface area contributed by atoms with Gasteiger partial charge in [-0.1, -0.05) is 48.0 Å². The molecule has 1 heterocycles. The van der Waals surface area contributed by atoms with Gasteiger partial charge in [0.05, 0.1) is 17.4 Å². The first-order chi connectivity index (χ1) is 12.0. The number of aryl methyl sites for hydroxylation is 3. The molecular formula is C20H22N4O. The summed E-state index contributed by atoms with van der Waals surface area (Å²) in [5.74, 6) is -0.218. The molecule has 0 bridgehead atoms. The lowest BCUT2D eigenvalue weighted by Gasteiger charge is -2.13. The predicted molar refractivity (Wildman–Crippen MR) is 97.9 cm³/mol. The van der Waals surface area contributed by atoms with Crippen molar-refractivity contribution in [3.63, 3.8) is 0 Å². The molecule has 25 heavy (non-hydrogen) atoms. The Bertz CT molecular complexity index is 899. The zero-order chi connectivity index (χ0) is 18.0. The maximum absolute atomic E-state index is 12.6. The number of aromatic nitrogens is 3. The number of hydrogen-bond acceptors (Lipinski definition) is 3. The molecule has 1 aromatic heterocycles. The SMILES string of the molecule is Cc1ccc(-n2nc(C)c(C(=O)N[C@H](C)c3ccccc3)n2)c(C)c1. The fraction of sp³-hybridized carbons (Fsp3) is 0.250. The Labute approximate surface area is 147 Å². The summed E-state index contributed by atoms with van der Waals surface area (Å²) in [4.78, 5) is 14.1. The number of nitrogens with one attached hydrogen (secondary N) is 1. The van der Waals surface area contributed by atoms with E-state index in [2.05, 4.69) is 21.6 Å². The van der Waals surface area contributed by atoms with Crippen molar-refractivity contribution in [3.8, 4) is 5.69 Å². The number of amides is 1. The number of carbonyl (C=O) groups excluding carboxylic acids is 1. The highest BCUT2D eigenvalue weighted by atomic mass is 16.2. The topological polar surface area (TPSA) is 59.8 Å². The number of hydrogen-bond donors (Lipinski definition) is 1. The molecule has 1 atom stereocenters. The van der Waals surface area contributed by atoms with Crippen LogP contribution in [0.15, 0.2) is 48.5 Å². The van der Waals surface area contributed by atoms with Crippen molar-refractivity contribution in [2.75, 3.05) is 0 Å². The first-order valence-electron chi connectivity index (χ1n) is 8.33. The van der Waals surface area contributed by atoms with E-state index in [1.165, 1.54) is 10.4 Å². The van der Waals surface area contributed by atoms with Gasteiger partial charge < -0.3 is 5.32 Å². The van der Waals surface area contributed by atoms with Gasteiger partial charge in [-0.15, -0.1) is 5.10 Å². The first kappa shape index (κ1) is 16.9. The van der Waals surface area contributed by atoms with Crippen LogP contribution < -0.4 is 5.32 Å². The molecular weight excluding hydrogens is 312 g/mol. The van der Waals surface area contributed by atoms with Crippen LogP contribution >= 0.6 is 0 Å². The zero-order valence-electron chi connectivity index (χ0n) is 14.9. The van der Waals surface area contributed by atoms with Crippen LogP contribution in [0, 0.1) is 20.8 Å². The lowest BCUT2D eigenvalue weighted by molar-refractivity contribution is 0.0934. The van der Waals surface area contributed by atoms with Crippen molar-refractivity contribution in [1.29, 1.82) is 0 Å². The Morgan fingerprint density at radius 1 is 1.04 bits per heavy atom. The summed E-state index contributed by atoms with van der Waals surface area (Å²) in [6.45, 7) is 7.81. The third kappa shape index (κ3) is 3.60. The summed E-state index contributed by atoms with van der Waals surface area (Å²) in [6, 6.07) is 15.8. The molecule has 0 fully saturated rings. The molecule has 0 aliphatic rings. The highest BCUT2D eigenvalue weighted by Crippen LogP contribution is 2.16. The summed E-state index contributed by atoms with van der Waals surface area (Å²) in [6.07, 6.45) is 0. The normalized spacial score (nSPS) is 12.0. The van der Waals surface area contributed by atoms with Gasteiger partial charge in [0.1, 0.15) is 0 Å². The van der Waals surface area contributed by atoms with Crippen LogP contribution in [-0.2, 0) is 0 Å². The second-order valence-electron chi connectivity index (χ2n) is 6.32. The average molecular weight is 334 g/mol. The van der Waals surface area contributed by atoms with Crippen molar-refractivity contribution in [2.24, 2.45) is 0 Å². The van der Waals surface area contributed by atoms with Crippen molar-refractivity contribution in [1.82, 2.24) is 20.3 Å². The molecule has 0 aliphatic heterocycles. The van der Waals surface area contributed by atoms with Gasteiger partial charge in [0, 0.05) is 0 Å². The fourth-order valence-electron chi connectivity index (χ4n) is 2.82. The molecule has 0 aliphatic carbocycles. The third-order valence-corrected chi connectivity index (χ3v) is 4.21. The molecule has 1 N–H and O–H groups in total. The summed E-state index contributed by atoms with van der Waals surface area (Å²) < 4.78 is 0. The molecule has 3 aromatic rings. The van der Waals surface area contributed by atoms with E-state index in [0.29, 0.717) is 11.4 Å². The molecule has 5 heteroatoms. The van der Waals surface area contributed by atoms with E-state index < -0.39 is 0 Å². The number of rotatable bonds is 4. The Morgan fingerprint density at radius 2 is 1.76 bits per heavy atom. The number of carbonyl (C=O) groups is 1. The fourth-order valence-corrected chi connectivity index (χ4v) is 2.82. The molecule has 0 radical (unpaired) electrons.